The summed E-state index contributed by atoms with van der Waals surface area (Å²) in [4.78, 5) is 23.9. The summed E-state index contributed by atoms with van der Waals surface area (Å²) in [5, 5.41) is 7.21. The molecule has 1 amide bonds. The molecule has 0 radical (unpaired) electrons. The van der Waals surface area contributed by atoms with Gasteiger partial charge in [0, 0.05) is 25.5 Å². The van der Waals surface area contributed by atoms with Crippen LogP contribution in [0.1, 0.15) is 25.3 Å². The molecule has 0 spiro atoms. The zero-order valence-electron chi connectivity index (χ0n) is 21.0. The Bertz CT molecular complexity index is 1280. The van der Waals surface area contributed by atoms with E-state index in [1.54, 1.807) is 11.9 Å². The number of hydrogen-bond donors (Lipinski definition) is 2. The number of anilines is 4. The molecule has 38 heavy (non-hydrogen) atoms. The molecule has 1 heterocycles. The van der Waals surface area contributed by atoms with Crippen LogP contribution >= 0.6 is 12.2 Å². The summed E-state index contributed by atoms with van der Waals surface area (Å²) in [6.45, 7) is 4.15. The third-order valence-electron chi connectivity index (χ3n) is 5.27. The molecular formula is C25H26F3N7O2S. The van der Waals surface area contributed by atoms with E-state index >= 15 is 0 Å². The molecule has 2 N–H and O–H groups in total. The van der Waals surface area contributed by atoms with Gasteiger partial charge in [-0.2, -0.15) is 5.10 Å². The molecule has 0 fully saturated rings. The molecule has 2 aromatic carbocycles. The first kappa shape index (κ1) is 28.3. The molecule has 1 aromatic heterocycles. The van der Waals surface area contributed by atoms with Gasteiger partial charge in [-0.15, -0.1) is 13.2 Å². The predicted molar refractivity (Wildman–Crippen MR) is 145 cm³/mol. The Kier molecular flexibility index (Phi) is 9.18. The summed E-state index contributed by atoms with van der Waals surface area (Å²) < 4.78 is 40.9. The maximum Gasteiger partial charge on any atom is 0.573 e. The minimum Gasteiger partial charge on any atom is -0.406 e. The smallest absolute Gasteiger partial charge is 0.406 e. The second kappa shape index (κ2) is 12.3. The van der Waals surface area contributed by atoms with Crippen LogP contribution in [0.25, 0.3) is 0 Å². The number of rotatable bonds is 8. The van der Waals surface area contributed by atoms with Crippen molar-refractivity contribution in [2.24, 2.45) is 5.10 Å². The topological polar surface area (TPSA) is 95.0 Å². The van der Waals surface area contributed by atoms with Gasteiger partial charge in [0.25, 0.3) is 5.91 Å². The second-order valence-corrected chi connectivity index (χ2v) is 8.71. The van der Waals surface area contributed by atoms with Gasteiger partial charge < -0.3 is 19.9 Å². The van der Waals surface area contributed by atoms with Crippen LogP contribution in [-0.2, 0) is 4.79 Å². The summed E-state index contributed by atoms with van der Waals surface area (Å²) in [6.07, 6.45) is -0.811. The Morgan fingerprint density at radius 2 is 1.68 bits per heavy atom. The van der Waals surface area contributed by atoms with Crippen LogP contribution in [-0.4, -0.2) is 47.7 Å². The molecule has 0 atom stereocenters. The first-order valence-corrected chi connectivity index (χ1v) is 11.7. The quantitative estimate of drug-likeness (QED) is 0.227. The van der Waals surface area contributed by atoms with Crippen LogP contribution in [0, 0.1) is 0 Å². The molecule has 0 aliphatic heterocycles. The minimum absolute atomic E-state index is 0.235. The minimum atomic E-state index is -4.76. The van der Waals surface area contributed by atoms with Gasteiger partial charge >= 0.3 is 6.36 Å². The number of carbonyl (C=O) groups excluding carboxylic acids is 1. The van der Waals surface area contributed by atoms with E-state index in [9.17, 15) is 18.0 Å². The summed E-state index contributed by atoms with van der Waals surface area (Å²) >= 11 is 5.26. The standard InChI is InChI=1S/C25H26F3N7O2S/c1-16(2)20-7-5-6-8-21(20)32-24(38)33-31-15-22(36)34(3)18-13-29-23(30-14-18)35(4)17-9-11-19(12-10-17)37-25(26,27)28/h5-16H,1-4H3,(H2,32,33,38)/b31-15+. The fourth-order valence-electron chi connectivity index (χ4n) is 3.27. The van der Waals surface area contributed by atoms with E-state index < -0.39 is 12.3 Å². The number of para-hydroxylation sites is 1. The van der Waals surface area contributed by atoms with Crippen LogP contribution in [0.4, 0.5) is 36.2 Å². The number of nitrogens with one attached hydrogen (secondary N) is 2. The van der Waals surface area contributed by atoms with E-state index in [-0.39, 0.29) is 16.8 Å². The number of aromatic nitrogens is 2. The van der Waals surface area contributed by atoms with E-state index in [0.717, 1.165) is 17.5 Å². The van der Waals surface area contributed by atoms with E-state index in [4.69, 9.17) is 12.2 Å². The molecule has 13 heteroatoms. The number of nitrogens with zero attached hydrogens (tertiary/aromatic N) is 5. The van der Waals surface area contributed by atoms with Crippen LogP contribution in [0.15, 0.2) is 66.0 Å². The van der Waals surface area contributed by atoms with Crippen molar-refractivity contribution < 1.29 is 22.7 Å². The molecule has 3 rings (SSSR count). The average molecular weight is 546 g/mol. The number of amides is 1. The van der Waals surface area contributed by atoms with Crippen LogP contribution < -0.4 is 25.3 Å². The van der Waals surface area contributed by atoms with Crippen molar-refractivity contribution in [2.75, 3.05) is 29.2 Å². The summed E-state index contributed by atoms with van der Waals surface area (Å²) in [5.41, 5.74) is 5.51. The number of alkyl halides is 3. The first-order chi connectivity index (χ1) is 17.9. The lowest BCUT2D eigenvalue weighted by atomic mass is 10.0. The van der Waals surface area contributed by atoms with Crippen molar-refractivity contribution in [3.63, 3.8) is 0 Å². The second-order valence-electron chi connectivity index (χ2n) is 8.31. The van der Waals surface area contributed by atoms with Gasteiger partial charge in [0.1, 0.15) is 12.0 Å². The van der Waals surface area contributed by atoms with Crippen molar-refractivity contribution in [3.8, 4) is 5.75 Å². The summed E-state index contributed by atoms with van der Waals surface area (Å²) in [5.74, 6) is -0.216. The number of hydrogen-bond acceptors (Lipinski definition) is 7. The lowest BCUT2D eigenvalue weighted by Gasteiger charge is -2.19. The Morgan fingerprint density at radius 3 is 2.29 bits per heavy atom. The number of hydrazone groups is 1. The van der Waals surface area contributed by atoms with Gasteiger partial charge in [0.15, 0.2) is 5.11 Å². The van der Waals surface area contributed by atoms with Crippen LogP contribution in [0.3, 0.4) is 0 Å². The molecule has 3 aromatic rings. The largest absolute Gasteiger partial charge is 0.573 e. The van der Waals surface area contributed by atoms with E-state index in [2.05, 4.69) is 44.4 Å². The molecule has 200 valence electrons. The van der Waals surface area contributed by atoms with Crippen LogP contribution in [0.5, 0.6) is 5.75 Å². The van der Waals surface area contributed by atoms with E-state index in [0.29, 0.717) is 17.3 Å². The van der Waals surface area contributed by atoms with Gasteiger partial charge in [-0.05, 0) is 54.0 Å². The SMILES string of the molecule is CC(C)c1ccccc1NC(=S)N/N=C/C(=O)N(C)c1cnc(N(C)c2ccc(OC(F)(F)F)cc2)nc1. The molecule has 9 nitrogen and oxygen atoms in total. The van der Waals surface area contributed by atoms with Crippen molar-refractivity contribution in [1.29, 1.82) is 0 Å². The van der Waals surface area contributed by atoms with Crippen molar-refractivity contribution in [3.05, 3.63) is 66.5 Å². The van der Waals surface area contributed by atoms with Gasteiger partial charge in [-0.1, -0.05) is 32.0 Å². The Labute approximate surface area is 223 Å². The highest BCUT2D eigenvalue weighted by atomic mass is 32.1. The first-order valence-electron chi connectivity index (χ1n) is 11.3. The molecule has 0 saturated heterocycles. The predicted octanol–water partition coefficient (Wildman–Crippen LogP) is 5.20. The summed E-state index contributed by atoms with van der Waals surface area (Å²) in [7, 11) is 3.18. The highest BCUT2D eigenvalue weighted by molar-refractivity contribution is 7.80. The molecule has 0 saturated carbocycles. The normalized spacial score (nSPS) is 11.4. The number of thiocarbonyl (C=S) groups is 1. The monoisotopic (exact) mass is 545 g/mol. The maximum absolute atomic E-state index is 12.5. The van der Waals surface area contributed by atoms with Gasteiger partial charge in [0.2, 0.25) is 5.95 Å². The zero-order valence-corrected chi connectivity index (χ0v) is 21.8. The molecular weight excluding hydrogens is 519 g/mol. The fraction of sp³-hybridized carbons (Fsp3) is 0.240. The lowest BCUT2D eigenvalue weighted by molar-refractivity contribution is -0.274. The number of carbonyl (C=O) groups is 1. The third-order valence-corrected chi connectivity index (χ3v) is 5.47. The van der Waals surface area contributed by atoms with Crippen molar-refractivity contribution in [2.45, 2.75) is 26.1 Å². The van der Waals surface area contributed by atoms with Gasteiger partial charge in [-0.3, -0.25) is 10.2 Å². The highest BCUT2D eigenvalue weighted by Crippen LogP contribution is 2.27. The zero-order chi connectivity index (χ0) is 27.9. The average Bonchev–Trinajstić information content (AvgIpc) is 2.87. The number of ether oxygens (including phenoxy) is 1. The van der Waals surface area contributed by atoms with Crippen molar-refractivity contribution in [1.82, 2.24) is 15.4 Å². The van der Waals surface area contributed by atoms with Gasteiger partial charge in [-0.25, -0.2) is 9.97 Å². The summed E-state index contributed by atoms with van der Waals surface area (Å²) in [6, 6.07) is 13.0. The molecule has 0 bridgehead atoms. The Morgan fingerprint density at radius 1 is 1.05 bits per heavy atom. The molecule has 0 unspecified atom stereocenters. The fourth-order valence-corrected chi connectivity index (χ4v) is 3.43. The van der Waals surface area contributed by atoms with E-state index in [1.165, 1.54) is 48.6 Å². The van der Waals surface area contributed by atoms with Crippen molar-refractivity contribution >= 4 is 52.5 Å². The highest BCUT2D eigenvalue weighted by Gasteiger charge is 2.31. The molecule has 0 aliphatic carbocycles. The third kappa shape index (κ3) is 7.87. The lowest BCUT2D eigenvalue weighted by Crippen LogP contribution is -2.30. The van der Waals surface area contributed by atoms with Gasteiger partial charge in [0.05, 0.1) is 18.1 Å². The Hall–Kier alpha value is -4.26. The number of benzene rings is 2. The number of halogens is 3. The molecule has 0 aliphatic rings. The maximum atomic E-state index is 12.5. The Balaban J connectivity index is 1.56. The van der Waals surface area contributed by atoms with Crippen LogP contribution in [0.2, 0.25) is 0 Å². The van der Waals surface area contributed by atoms with E-state index in [1.807, 2.05) is 24.3 Å².